The second-order valence-corrected chi connectivity index (χ2v) is 5.05. The Balaban J connectivity index is 2.40. The van der Waals surface area contributed by atoms with Crippen molar-refractivity contribution in [3.05, 3.63) is 58.4 Å². The van der Waals surface area contributed by atoms with Gasteiger partial charge in [-0.05, 0) is 30.5 Å². The van der Waals surface area contributed by atoms with Crippen LogP contribution in [0.3, 0.4) is 0 Å². The van der Waals surface area contributed by atoms with Gasteiger partial charge in [-0.3, -0.25) is 4.79 Å². The van der Waals surface area contributed by atoms with E-state index in [1.54, 1.807) is 12.1 Å². The molecule has 4 heteroatoms. The third-order valence-corrected chi connectivity index (χ3v) is 3.38. The van der Waals surface area contributed by atoms with E-state index in [2.05, 4.69) is 11.9 Å². The number of carbonyl (C=O) groups excluding carboxylic acids is 1. The molecule has 0 fully saturated rings. The second kappa shape index (κ2) is 6.53. The zero-order valence-electron chi connectivity index (χ0n) is 11.4. The van der Waals surface area contributed by atoms with Crippen LogP contribution in [-0.2, 0) is 6.42 Å². The summed E-state index contributed by atoms with van der Waals surface area (Å²) in [7, 11) is 0. The van der Waals surface area contributed by atoms with Gasteiger partial charge in [0.15, 0.2) is 0 Å². The average molecular weight is 289 g/mol. The van der Waals surface area contributed by atoms with Gasteiger partial charge in [0.25, 0.3) is 0 Å². The van der Waals surface area contributed by atoms with Gasteiger partial charge in [0.1, 0.15) is 10.8 Å². The number of nitrogens with zero attached hydrogens (tertiary/aromatic N) is 1. The second-order valence-electron chi connectivity index (χ2n) is 4.66. The van der Waals surface area contributed by atoms with Crippen LogP contribution in [0.1, 0.15) is 41.4 Å². The molecule has 2 aromatic rings. The molecule has 0 saturated heterocycles. The molecule has 3 nitrogen and oxygen atoms in total. The summed E-state index contributed by atoms with van der Waals surface area (Å²) in [5.74, 6) is -0.170. The molecular weight excluding hydrogens is 272 g/mol. The zero-order chi connectivity index (χ0) is 14.5. The summed E-state index contributed by atoms with van der Waals surface area (Å²) in [6.45, 7) is 2.13. The molecule has 0 atom stereocenters. The largest absolute Gasteiger partial charge is 0.397 e. The Bertz CT molecular complexity index is 626. The molecule has 0 unspecified atom stereocenters. The molecule has 0 bridgehead atoms. The molecule has 1 aromatic carbocycles. The van der Waals surface area contributed by atoms with Gasteiger partial charge >= 0.3 is 0 Å². The lowest BCUT2D eigenvalue weighted by molar-refractivity contribution is 0.103. The summed E-state index contributed by atoms with van der Waals surface area (Å²) in [5, 5.41) is 0.272. The van der Waals surface area contributed by atoms with Crippen LogP contribution in [0.5, 0.6) is 0 Å². The Hall–Kier alpha value is -1.87. The number of hydrogen-bond acceptors (Lipinski definition) is 3. The molecular formula is C16H17ClN2O. The number of nitrogen functional groups attached to an aromatic ring is 1. The van der Waals surface area contributed by atoms with Crippen molar-refractivity contribution in [2.45, 2.75) is 26.2 Å². The molecule has 0 amide bonds. The lowest BCUT2D eigenvalue weighted by atomic mass is 9.97. The van der Waals surface area contributed by atoms with E-state index in [1.807, 2.05) is 24.3 Å². The van der Waals surface area contributed by atoms with Gasteiger partial charge in [0.05, 0.1) is 5.69 Å². The zero-order valence-corrected chi connectivity index (χ0v) is 12.2. The Morgan fingerprint density at radius 2 is 2.00 bits per heavy atom. The highest BCUT2D eigenvalue weighted by atomic mass is 35.5. The average Bonchev–Trinajstić information content (AvgIpc) is 2.47. The maximum atomic E-state index is 12.6. The Morgan fingerprint density at radius 1 is 1.25 bits per heavy atom. The number of benzene rings is 1. The number of rotatable bonds is 5. The molecule has 1 heterocycles. The fourth-order valence-electron chi connectivity index (χ4n) is 2.08. The highest BCUT2D eigenvalue weighted by Gasteiger charge is 2.17. The van der Waals surface area contributed by atoms with E-state index in [0.717, 1.165) is 24.8 Å². The highest BCUT2D eigenvalue weighted by Crippen LogP contribution is 2.20. The minimum absolute atomic E-state index is 0.170. The van der Waals surface area contributed by atoms with Gasteiger partial charge in [-0.15, -0.1) is 0 Å². The van der Waals surface area contributed by atoms with Crippen molar-refractivity contribution in [2.24, 2.45) is 0 Å². The summed E-state index contributed by atoms with van der Waals surface area (Å²) in [6, 6.07) is 10.8. The van der Waals surface area contributed by atoms with E-state index in [4.69, 9.17) is 17.3 Å². The monoisotopic (exact) mass is 288 g/mol. The summed E-state index contributed by atoms with van der Waals surface area (Å²) < 4.78 is 0. The molecule has 0 saturated carbocycles. The molecule has 0 aliphatic rings. The first-order valence-electron chi connectivity index (χ1n) is 6.68. The van der Waals surface area contributed by atoms with E-state index in [0.29, 0.717) is 11.3 Å². The molecule has 0 aliphatic heterocycles. The number of anilines is 1. The fourth-order valence-corrected chi connectivity index (χ4v) is 2.23. The molecule has 104 valence electrons. The van der Waals surface area contributed by atoms with Crippen LogP contribution in [-0.4, -0.2) is 10.8 Å². The maximum absolute atomic E-state index is 12.6. The highest BCUT2D eigenvalue weighted by molar-refractivity contribution is 6.29. The van der Waals surface area contributed by atoms with Gasteiger partial charge in [-0.1, -0.05) is 49.2 Å². The van der Waals surface area contributed by atoms with Crippen molar-refractivity contribution in [1.82, 2.24) is 4.98 Å². The van der Waals surface area contributed by atoms with Crippen molar-refractivity contribution in [2.75, 3.05) is 5.73 Å². The summed E-state index contributed by atoms with van der Waals surface area (Å²) in [6.07, 6.45) is 3.00. The quantitative estimate of drug-likeness (QED) is 0.671. The normalized spacial score (nSPS) is 10.5. The Morgan fingerprint density at radius 3 is 2.75 bits per heavy atom. The van der Waals surface area contributed by atoms with Crippen LogP contribution in [0.2, 0.25) is 5.15 Å². The molecule has 2 N–H and O–H groups in total. The number of unbranched alkanes of at least 4 members (excludes halogenated alkanes) is 1. The van der Waals surface area contributed by atoms with Gasteiger partial charge in [0, 0.05) is 5.56 Å². The Kier molecular flexibility index (Phi) is 4.74. The van der Waals surface area contributed by atoms with Crippen LogP contribution in [0.25, 0.3) is 0 Å². The number of aromatic nitrogens is 1. The molecule has 0 aliphatic carbocycles. The lowest BCUT2D eigenvalue weighted by Crippen LogP contribution is -2.10. The van der Waals surface area contributed by atoms with Crippen LogP contribution in [0.4, 0.5) is 5.69 Å². The minimum atomic E-state index is -0.170. The number of ketones is 1. The van der Waals surface area contributed by atoms with E-state index in [-0.39, 0.29) is 16.6 Å². The van der Waals surface area contributed by atoms with E-state index in [1.165, 1.54) is 0 Å². The first-order chi connectivity index (χ1) is 9.63. The van der Waals surface area contributed by atoms with E-state index < -0.39 is 0 Å². The number of hydrogen-bond donors (Lipinski definition) is 1. The smallest absolute Gasteiger partial charge is 0.213 e. The van der Waals surface area contributed by atoms with Crippen molar-refractivity contribution in [3.63, 3.8) is 0 Å². The van der Waals surface area contributed by atoms with Crippen molar-refractivity contribution in [3.8, 4) is 0 Å². The number of aryl methyl sites for hydroxylation is 1. The predicted molar refractivity (Wildman–Crippen MR) is 82.1 cm³/mol. The molecule has 20 heavy (non-hydrogen) atoms. The van der Waals surface area contributed by atoms with Crippen LogP contribution in [0, 0.1) is 0 Å². The number of pyridine rings is 1. The minimum Gasteiger partial charge on any atom is -0.397 e. The Labute approximate surface area is 123 Å². The van der Waals surface area contributed by atoms with E-state index in [9.17, 15) is 4.79 Å². The number of nitrogens with two attached hydrogens (primary N) is 1. The van der Waals surface area contributed by atoms with Gasteiger partial charge in [-0.25, -0.2) is 4.98 Å². The summed E-state index contributed by atoms with van der Waals surface area (Å²) in [5.41, 5.74) is 8.09. The fraction of sp³-hybridized carbons (Fsp3) is 0.250. The summed E-state index contributed by atoms with van der Waals surface area (Å²) in [4.78, 5) is 16.7. The van der Waals surface area contributed by atoms with Crippen LogP contribution >= 0.6 is 11.6 Å². The first-order valence-corrected chi connectivity index (χ1v) is 7.06. The van der Waals surface area contributed by atoms with Crippen molar-refractivity contribution >= 4 is 23.1 Å². The third kappa shape index (κ3) is 3.17. The third-order valence-electron chi connectivity index (χ3n) is 3.17. The summed E-state index contributed by atoms with van der Waals surface area (Å²) >= 11 is 5.85. The van der Waals surface area contributed by atoms with Crippen molar-refractivity contribution in [1.29, 1.82) is 0 Å². The molecule has 2 rings (SSSR count). The topological polar surface area (TPSA) is 56.0 Å². The maximum Gasteiger partial charge on any atom is 0.213 e. The predicted octanol–water partition coefficient (Wildman–Crippen LogP) is 3.89. The van der Waals surface area contributed by atoms with Crippen LogP contribution < -0.4 is 5.73 Å². The first kappa shape index (κ1) is 14.5. The standard InChI is InChI=1S/C16H17ClN2O/c1-2-3-6-11-7-4-5-8-12(11)16(20)15-13(18)9-10-14(17)19-15/h4-5,7-10H,2-3,6,18H2,1H3. The molecule has 0 radical (unpaired) electrons. The number of halogens is 1. The van der Waals surface area contributed by atoms with Crippen molar-refractivity contribution < 1.29 is 4.79 Å². The SMILES string of the molecule is CCCCc1ccccc1C(=O)c1nc(Cl)ccc1N. The van der Waals surface area contributed by atoms with E-state index >= 15 is 0 Å². The van der Waals surface area contributed by atoms with Gasteiger partial charge < -0.3 is 5.73 Å². The molecule has 0 spiro atoms. The molecule has 1 aromatic heterocycles. The lowest BCUT2D eigenvalue weighted by Gasteiger charge is -2.09. The van der Waals surface area contributed by atoms with Crippen LogP contribution in [0.15, 0.2) is 36.4 Å². The van der Waals surface area contributed by atoms with Gasteiger partial charge in [0.2, 0.25) is 5.78 Å². The number of carbonyl (C=O) groups is 1. The van der Waals surface area contributed by atoms with Gasteiger partial charge in [-0.2, -0.15) is 0 Å².